The van der Waals surface area contributed by atoms with Gasteiger partial charge >= 0.3 is 0 Å². The molecule has 1 rings (SSSR count). The van der Waals surface area contributed by atoms with Crippen LogP contribution in [0.15, 0.2) is 24.3 Å². The van der Waals surface area contributed by atoms with Gasteiger partial charge in [-0.3, -0.25) is 4.79 Å². The number of benzene rings is 1. The summed E-state index contributed by atoms with van der Waals surface area (Å²) >= 11 is 0. The molecule has 0 spiro atoms. The lowest BCUT2D eigenvalue weighted by atomic mass is 10.3. The van der Waals surface area contributed by atoms with Crippen LogP contribution in [0.1, 0.15) is 20.8 Å². The van der Waals surface area contributed by atoms with Gasteiger partial charge in [0.1, 0.15) is 11.5 Å². The van der Waals surface area contributed by atoms with E-state index in [1.54, 1.807) is 26.2 Å². The number of nitrogens with one attached hydrogen (secondary N) is 1. The molecule has 0 radical (unpaired) electrons. The average Bonchev–Trinajstić information content (AvgIpc) is 2.28. The third kappa shape index (κ3) is 4.34. The molecule has 17 heavy (non-hydrogen) atoms. The summed E-state index contributed by atoms with van der Waals surface area (Å²) in [5.74, 6) is 1.21. The van der Waals surface area contributed by atoms with Gasteiger partial charge < -0.3 is 14.8 Å². The molecule has 1 amide bonds. The highest BCUT2D eigenvalue weighted by Crippen LogP contribution is 2.19. The standard InChI is InChI=1S/C13H19NO3/c1-9(2)14-13(15)10(3)17-12-7-5-6-11(8-12)16-4/h5-10H,1-4H3,(H,14,15)/t10-/m0/s1. The molecule has 4 nitrogen and oxygen atoms in total. The van der Waals surface area contributed by atoms with Crippen LogP contribution in [0, 0.1) is 0 Å². The molecule has 0 aromatic heterocycles. The van der Waals surface area contributed by atoms with E-state index in [2.05, 4.69) is 5.32 Å². The van der Waals surface area contributed by atoms with Crippen molar-refractivity contribution >= 4 is 5.91 Å². The Morgan fingerprint density at radius 1 is 1.24 bits per heavy atom. The Morgan fingerprint density at radius 2 is 1.88 bits per heavy atom. The van der Waals surface area contributed by atoms with Gasteiger partial charge in [0.25, 0.3) is 5.91 Å². The second-order valence-electron chi connectivity index (χ2n) is 4.10. The lowest BCUT2D eigenvalue weighted by molar-refractivity contribution is -0.127. The summed E-state index contributed by atoms with van der Waals surface area (Å²) in [6, 6.07) is 7.30. The number of hydrogen-bond donors (Lipinski definition) is 1. The molecule has 0 aliphatic heterocycles. The van der Waals surface area contributed by atoms with Crippen molar-refractivity contribution in [3.8, 4) is 11.5 Å². The summed E-state index contributed by atoms with van der Waals surface area (Å²) < 4.78 is 10.6. The van der Waals surface area contributed by atoms with Gasteiger partial charge in [-0.05, 0) is 32.9 Å². The second-order valence-corrected chi connectivity index (χ2v) is 4.10. The van der Waals surface area contributed by atoms with Crippen LogP contribution in [0.4, 0.5) is 0 Å². The molecule has 1 aromatic rings. The van der Waals surface area contributed by atoms with Gasteiger partial charge in [0.05, 0.1) is 7.11 Å². The van der Waals surface area contributed by atoms with Crippen LogP contribution >= 0.6 is 0 Å². The maximum Gasteiger partial charge on any atom is 0.260 e. The molecule has 0 aliphatic rings. The van der Waals surface area contributed by atoms with Gasteiger partial charge in [0, 0.05) is 12.1 Å². The van der Waals surface area contributed by atoms with Crippen molar-refractivity contribution in [1.82, 2.24) is 5.32 Å². The molecule has 0 saturated heterocycles. The summed E-state index contributed by atoms with van der Waals surface area (Å²) in [6.07, 6.45) is -0.524. The predicted molar refractivity (Wildman–Crippen MR) is 66.4 cm³/mol. The number of rotatable bonds is 5. The quantitative estimate of drug-likeness (QED) is 0.852. The summed E-state index contributed by atoms with van der Waals surface area (Å²) in [6.45, 7) is 5.55. The lowest BCUT2D eigenvalue weighted by Gasteiger charge is -2.16. The molecule has 0 unspecified atom stereocenters. The largest absolute Gasteiger partial charge is 0.497 e. The Morgan fingerprint density at radius 3 is 2.47 bits per heavy atom. The Balaban J connectivity index is 2.60. The smallest absolute Gasteiger partial charge is 0.260 e. The summed E-state index contributed by atoms with van der Waals surface area (Å²) in [4.78, 5) is 11.6. The van der Waals surface area contributed by atoms with E-state index in [-0.39, 0.29) is 11.9 Å². The van der Waals surface area contributed by atoms with Crippen molar-refractivity contribution in [3.63, 3.8) is 0 Å². The van der Waals surface area contributed by atoms with E-state index in [0.717, 1.165) is 0 Å². The van der Waals surface area contributed by atoms with Gasteiger partial charge in [-0.15, -0.1) is 0 Å². The van der Waals surface area contributed by atoms with Crippen molar-refractivity contribution in [3.05, 3.63) is 24.3 Å². The first-order valence-electron chi connectivity index (χ1n) is 5.64. The third-order valence-electron chi connectivity index (χ3n) is 2.15. The van der Waals surface area contributed by atoms with Crippen LogP contribution in [-0.4, -0.2) is 25.2 Å². The maximum atomic E-state index is 11.6. The molecule has 0 heterocycles. The summed E-state index contributed by atoms with van der Waals surface area (Å²) in [5.41, 5.74) is 0. The zero-order chi connectivity index (χ0) is 12.8. The van der Waals surface area contributed by atoms with E-state index in [1.165, 1.54) is 0 Å². The first-order valence-corrected chi connectivity index (χ1v) is 5.64. The zero-order valence-corrected chi connectivity index (χ0v) is 10.7. The molecular formula is C13H19NO3. The first-order chi connectivity index (χ1) is 8.02. The minimum Gasteiger partial charge on any atom is -0.497 e. The van der Waals surface area contributed by atoms with Crippen LogP contribution < -0.4 is 14.8 Å². The highest BCUT2D eigenvalue weighted by molar-refractivity contribution is 5.80. The lowest BCUT2D eigenvalue weighted by Crippen LogP contribution is -2.40. The summed E-state index contributed by atoms with van der Waals surface area (Å²) in [5, 5.41) is 2.80. The molecule has 0 saturated carbocycles. The molecule has 0 fully saturated rings. The molecule has 0 aliphatic carbocycles. The fraction of sp³-hybridized carbons (Fsp3) is 0.462. The van der Waals surface area contributed by atoms with Crippen molar-refractivity contribution in [1.29, 1.82) is 0 Å². The van der Waals surface area contributed by atoms with Crippen molar-refractivity contribution in [2.24, 2.45) is 0 Å². The Kier molecular flexibility index (Phi) is 4.82. The van der Waals surface area contributed by atoms with Gasteiger partial charge in [0.15, 0.2) is 6.10 Å². The molecule has 94 valence electrons. The average molecular weight is 237 g/mol. The summed E-state index contributed by atoms with van der Waals surface area (Å²) in [7, 11) is 1.59. The molecule has 1 atom stereocenters. The van der Waals surface area contributed by atoms with Crippen LogP contribution in [0.2, 0.25) is 0 Å². The third-order valence-corrected chi connectivity index (χ3v) is 2.15. The Hall–Kier alpha value is -1.71. The van der Waals surface area contributed by atoms with Crippen LogP contribution in [0.5, 0.6) is 11.5 Å². The van der Waals surface area contributed by atoms with Crippen molar-refractivity contribution < 1.29 is 14.3 Å². The highest BCUT2D eigenvalue weighted by atomic mass is 16.5. The van der Waals surface area contributed by atoms with E-state index in [0.29, 0.717) is 11.5 Å². The van der Waals surface area contributed by atoms with Crippen molar-refractivity contribution in [2.75, 3.05) is 7.11 Å². The molecule has 1 N–H and O–H groups in total. The number of ether oxygens (including phenoxy) is 2. The minimum atomic E-state index is -0.524. The van der Waals surface area contributed by atoms with Gasteiger partial charge in [-0.1, -0.05) is 6.07 Å². The molecular weight excluding hydrogens is 218 g/mol. The van der Waals surface area contributed by atoms with E-state index >= 15 is 0 Å². The molecule has 4 heteroatoms. The number of hydrogen-bond acceptors (Lipinski definition) is 3. The van der Waals surface area contributed by atoms with E-state index < -0.39 is 6.10 Å². The van der Waals surface area contributed by atoms with Gasteiger partial charge in [-0.2, -0.15) is 0 Å². The Labute approximate surface area is 102 Å². The number of carbonyl (C=O) groups excluding carboxylic acids is 1. The zero-order valence-electron chi connectivity index (χ0n) is 10.7. The maximum absolute atomic E-state index is 11.6. The minimum absolute atomic E-state index is 0.110. The van der Waals surface area contributed by atoms with Crippen LogP contribution in [0.3, 0.4) is 0 Å². The molecule has 1 aromatic carbocycles. The topological polar surface area (TPSA) is 47.6 Å². The fourth-order valence-corrected chi connectivity index (χ4v) is 1.33. The SMILES string of the molecule is COc1cccc(O[C@@H](C)C(=O)NC(C)C)c1. The van der Waals surface area contributed by atoms with Gasteiger partial charge in [-0.25, -0.2) is 0 Å². The van der Waals surface area contributed by atoms with Crippen molar-refractivity contribution in [2.45, 2.75) is 32.9 Å². The highest BCUT2D eigenvalue weighted by Gasteiger charge is 2.15. The second kappa shape index (κ2) is 6.13. The Bertz CT molecular complexity index is 377. The first kappa shape index (κ1) is 13.4. The normalized spacial score (nSPS) is 12.1. The number of methoxy groups -OCH3 is 1. The van der Waals surface area contributed by atoms with E-state index in [4.69, 9.17) is 9.47 Å². The molecule has 0 bridgehead atoms. The van der Waals surface area contributed by atoms with Crippen LogP contribution in [-0.2, 0) is 4.79 Å². The van der Waals surface area contributed by atoms with E-state index in [1.807, 2.05) is 26.0 Å². The predicted octanol–water partition coefficient (Wildman–Crippen LogP) is 1.99. The monoisotopic (exact) mass is 237 g/mol. The fourth-order valence-electron chi connectivity index (χ4n) is 1.33. The number of carbonyl (C=O) groups is 1. The van der Waals surface area contributed by atoms with Crippen LogP contribution in [0.25, 0.3) is 0 Å². The van der Waals surface area contributed by atoms with Gasteiger partial charge in [0.2, 0.25) is 0 Å². The number of amides is 1. The van der Waals surface area contributed by atoms with E-state index in [9.17, 15) is 4.79 Å².